The summed E-state index contributed by atoms with van der Waals surface area (Å²) < 4.78 is 5.24. The van der Waals surface area contributed by atoms with Crippen LogP contribution in [-0.2, 0) is 11.2 Å². The van der Waals surface area contributed by atoms with Crippen LogP contribution in [-0.4, -0.2) is 68.4 Å². The number of carbonyl (C=O) groups excluding carboxylic acids is 1. The summed E-state index contributed by atoms with van der Waals surface area (Å²) in [4.78, 5) is 19.0. The van der Waals surface area contributed by atoms with Gasteiger partial charge in [-0.25, -0.2) is 4.79 Å². The molecule has 0 saturated carbocycles. The molecule has 7 nitrogen and oxygen atoms in total. The van der Waals surface area contributed by atoms with Crippen LogP contribution < -0.4 is 16.0 Å². The number of alkyl carbamates (subject to hydrolysis) is 1. The van der Waals surface area contributed by atoms with Crippen molar-refractivity contribution in [3.8, 4) is 0 Å². The van der Waals surface area contributed by atoms with E-state index in [-0.39, 0.29) is 6.09 Å². The summed E-state index contributed by atoms with van der Waals surface area (Å²) in [6, 6.07) is 10.7. The van der Waals surface area contributed by atoms with E-state index in [1.807, 2.05) is 20.8 Å². The van der Waals surface area contributed by atoms with Crippen molar-refractivity contribution >= 4 is 12.1 Å². The number of aliphatic imine (C=N–C) groups is 1. The van der Waals surface area contributed by atoms with Crippen molar-refractivity contribution in [3.05, 3.63) is 35.9 Å². The molecular formula is C24H41N5O2. The van der Waals surface area contributed by atoms with E-state index >= 15 is 0 Å². The zero-order chi connectivity index (χ0) is 22.5. The molecule has 1 saturated heterocycles. The molecule has 3 N–H and O–H groups in total. The molecule has 0 spiro atoms. The molecule has 1 aliphatic heterocycles. The predicted molar refractivity (Wildman–Crippen MR) is 128 cm³/mol. The first-order valence-electron chi connectivity index (χ1n) is 11.6. The fourth-order valence-electron chi connectivity index (χ4n) is 3.56. The van der Waals surface area contributed by atoms with E-state index in [1.54, 1.807) is 0 Å². The lowest BCUT2D eigenvalue weighted by Crippen LogP contribution is -2.39. The number of hydrogen-bond donors (Lipinski definition) is 3. The van der Waals surface area contributed by atoms with Gasteiger partial charge in [0.15, 0.2) is 5.96 Å². The van der Waals surface area contributed by atoms with E-state index in [1.165, 1.54) is 12.0 Å². The van der Waals surface area contributed by atoms with E-state index in [0.29, 0.717) is 12.5 Å². The van der Waals surface area contributed by atoms with Crippen LogP contribution in [0.4, 0.5) is 4.79 Å². The van der Waals surface area contributed by atoms with Crippen LogP contribution in [0.15, 0.2) is 35.3 Å². The monoisotopic (exact) mass is 431 g/mol. The largest absolute Gasteiger partial charge is 0.444 e. The second kappa shape index (κ2) is 13.2. The lowest BCUT2D eigenvalue weighted by Gasteiger charge is -2.19. The molecule has 31 heavy (non-hydrogen) atoms. The number of nitrogens with zero attached hydrogens (tertiary/aromatic N) is 2. The molecule has 0 aliphatic carbocycles. The maximum Gasteiger partial charge on any atom is 0.407 e. The average Bonchev–Trinajstić information content (AvgIpc) is 3.17. The lowest BCUT2D eigenvalue weighted by atomic mass is 10.1. The molecule has 1 aromatic carbocycles. The third-order valence-corrected chi connectivity index (χ3v) is 5.10. The maximum atomic E-state index is 11.7. The fourth-order valence-corrected chi connectivity index (χ4v) is 3.56. The third kappa shape index (κ3) is 11.1. The van der Waals surface area contributed by atoms with Gasteiger partial charge in [-0.2, -0.15) is 0 Å². The molecular weight excluding hydrogens is 390 g/mol. The third-order valence-electron chi connectivity index (χ3n) is 5.10. The number of amides is 1. The molecule has 1 atom stereocenters. The van der Waals surface area contributed by atoms with E-state index in [4.69, 9.17) is 9.73 Å². The minimum Gasteiger partial charge on any atom is -0.444 e. The Morgan fingerprint density at radius 2 is 1.90 bits per heavy atom. The van der Waals surface area contributed by atoms with Crippen LogP contribution in [0.3, 0.4) is 0 Å². The molecule has 1 aromatic rings. The van der Waals surface area contributed by atoms with Crippen LogP contribution in [0, 0.1) is 5.92 Å². The van der Waals surface area contributed by atoms with Gasteiger partial charge in [0.05, 0.1) is 0 Å². The zero-order valence-electron chi connectivity index (χ0n) is 19.7. The Labute approximate surface area is 188 Å². The summed E-state index contributed by atoms with van der Waals surface area (Å²) in [6.45, 7) is 14.0. The van der Waals surface area contributed by atoms with Crippen LogP contribution >= 0.6 is 0 Å². The van der Waals surface area contributed by atoms with Gasteiger partial charge in [-0.05, 0) is 65.0 Å². The molecule has 1 heterocycles. The second-order valence-corrected chi connectivity index (χ2v) is 9.12. The number of likely N-dealkylation sites (tertiary alicyclic amines) is 1. The van der Waals surface area contributed by atoms with Gasteiger partial charge in [0.2, 0.25) is 0 Å². The quantitative estimate of drug-likeness (QED) is 0.302. The van der Waals surface area contributed by atoms with Gasteiger partial charge in [-0.1, -0.05) is 30.3 Å². The van der Waals surface area contributed by atoms with Crippen molar-refractivity contribution in [1.29, 1.82) is 0 Å². The fraction of sp³-hybridized carbons (Fsp3) is 0.667. The zero-order valence-corrected chi connectivity index (χ0v) is 19.7. The van der Waals surface area contributed by atoms with Gasteiger partial charge < -0.3 is 25.6 Å². The minimum absolute atomic E-state index is 0.369. The highest BCUT2D eigenvalue weighted by molar-refractivity contribution is 5.79. The van der Waals surface area contributed by atoms with Crippen LogP contribution in [0.1, 0.15) is 46.1 Å². The number of carbonyl (C=O) groups is 1. The minimum atomic E-state index is -0.468. The Morgan fingerprint density at radius 3 is 2.61 bits per heavy atom. The number of ether oxygens (including phenoxy) is 1. The topological polar surface area (TPSA) is 78.0 Å². The SMILES string of the molecule is CCNC(=NCC1CCN(CCc2ccccc2)C1)NCCCNC(=O)OC(C)(C)C. The van der Waals surface area contributed by atoms with Gasteiger partial charge in [0.25, 0.3) is 0 Å². The van der Waals surface area contributed by atoms with Crippen LogP contribution in [0.5, 0.6) is 0 Å². The molecule has 0 bridgehead atoms. The highest BCUT2D eigenvalue weighted by atomic mass is 16.6. The Kier molecular flexibility index (Phi) is 10.6. The summed E-state index contributed by atoms with van der Waals surface area (Å²) in [5, 5.41) is 9.45. The normalized spacial score (nSPS) is 17.4. The summed E-state index contributed by atoms with van der Waals surface area (Å²) in [6.07, 6.45) is 2.75. The van der Waals surface area contributed by atoms with Gasteiger partial charge in [0.1, 0.15) is 5.60 Å². The first-order valence-corrected chi connectivity index (χ1v) is 11.6. The van der Waals surface area contributed by atoms with Gasteiger partial charge in [-0.15, -0.1) is 0 Å². The lowest BCUT2D eigenvalue weighted by molar-refractivity contribution is 0.0527. The van der Waals surface area contributed by atoms with Crippen molar-refractivity contribution in [2.45, 2.75) is 52.6 Å². The average molecular weight is 432 g/mol. The Hall–Kier alpha value is -2.28. The molecule has 1 aliphatic rings. The molecule has 7 heteroatoms. The molecule has 0 radical (unpaired) electrons. The Balaban J connectivity index is 1.63. The molecule has 1 amide bonds. The summed E-state index contributed by atoms with van der Waals surface area (Å²) in [5.74, 6) is 1.46. The highest BCUT2D eigenvalue weighted by Gasteiger charge is 2.22. The standard InChI is InChI=1S/C24H41N5O2/c1-5-25-22(26-14-9-15-27-23(30)31-24(2,3)4)28-18-21-13-17-29(19-21)16-12-20-10-7-6-8-11-20/h6-8,10-11,21H,5,9,12-19H2,1-4H3,(H,27,30)(H2,25,26,28). The predicted octanol–water partition coefficient (Wildman–Crippen LogP) is 3.02. The molecule has 174 valence electrons. The van der Waals surface area contributed by atoms with Crippen molar-refractivity contribution in [2.75, 3.05) is 45.8 Å². The first-order chi connectivity index (χ1) is 14.9. The molecule has 1 unspecified atom stereocenters. The van der Waals surface area contributed by atoms with E-state index in [2.05, 4.69) is 58.1 Å². The summed E-state index contributed by atoms with van der Waals surface area (Å²) in [7, 11) is 0. The van der Waals surface area contributed by atoms with Crippen molar-refractivity contribution in [1.82, 2.24) is 20.9 Å². The first kappa shape index (κ1) is 25.0. The molecule has 1 fully saturated rings. The number of nitrogens with one attached hydrogen (secondary N) is 3. The van der Waals surface area contributed by atoms with Crippen LogP contribution in [0.25, 0.3) is 0 Å². The summed E-state index contributed by atoms with van der Waals surface area (Å²) >= 11 is 0. The Bertz CT molecular complexity index is 672. The number of benzene rings is 1. The van der Waals surface area contributed by atoms with E-state index < -0.39 is 5.60 Å². The smallest absolute Gasteiger partial charge is 0.407 e. The van der Waals surface area contributed by atoms with E-state index in [0.717, 1.165) is 58.1 Å². The van der Waals surface area contributed by atoms with Crippen molar-refractivity contribution < 1.29 is 9.53 Å². The molecule has 0 aromatic heterocycles. The van der Waals surface area contributed by atoms with Crippen molar-refractivity contribution in [2.24, 2.45) is 10.9 Å². The Morgan fingerprint density at radius 1 is 1.16 bits per heavy atom. The molecule has 2 rings (SSSR count). The van der Waals surface area contributed by atoms with Crippen LogP contribution in [0.2, 0.25) is 0 Å². The second-order valence-electron chi connectivity index (χ2n) is 9.12. The van der Waals surface area contributed by atoms with E-state index in [9.17, 15) is 4.79 Å². The van der Waals surface area contributed by atoms with Gasteiger partial charge >= 0.3 is 6.09 Å². The number of rotatable bonds is 10. The maximum absolute atomic E-state index is 11.7. The highest BCUT2D eigenvalue weighted by Crippen LogP contribution is 2.17. The number of hydrogen-bond acceptors (Lipinski definition) is 4. The van der Waals surface area contributed by atoms with Gasteiger partial charge in [0, 0.05) is 39.3 Å². The summed E-state index contributed by atoms with van der Waals surface area (Å²) in [5.41, 5.74) is 0.939. The van der Waals surface area contributed by atoms with Crippen molar-refractivity contribution in [3.63, 3.8) is 0 Å². The number of guanidine groups is 1. The van der Waals surface area contributed by atoms with Gasteiger partial charge in [-0.3, -0.25) is 4.99 Å².